The van der Waals surface area contributed by atoms with Gasteiger partial charge in [-0.3, -0.25) is 0 Å². The van der Waals surface area contributed by atoms with Crippen LogP contribution in [-0.2, 0) is 0 Å². The van der Waals surface area contributed by atoms with Gasteiger partial charge in [-0.05, 0) is 39.5 Å². The molecule has 0 aliphatic carbocycles. The van der Waals surface area contributed by atoms with Crippen molar-refractivity contribution in [3.05, 3.63) is 58.0 Å². The zero-order valence-electron chi connectivity index (χ0n) is 10.2. The number of aromatic nitrogens is 2. The van der Waals surface area contributed by atoms with E-state index in [9.17, 15) is 9.90 Å². The normalized spacial score (nSPS) is 10.7. The predicted octanol–water partition coefficient (Wildman–Crippen LogP) is 4.06. The standard InChI is InChI=1S/C14H9BrN2O2S/c15-10-4-1-2-5-11(10)17-8-9(14(18)19)13(16-17)12-6-3-7-20-12/h1-8H,(H,18,19). The van der Waals surface area contributed by atoms with Gasteiger partial charge in [0.2, 0.25) is 0 Å². The van der Waals surface area contributed by atoms with Crippen LogP contribution in [0.4, 0.5) is 0 Å². The summed E-state index contributed by atoms with van der Waals surface area (Å²) in [6.07, 6.45) is 1.54. The summed E-state index contributed by atoms with van der Waals surface area (Å²) >= 11 is 4.92. The van der Waals surface area contributed by atoms with E-state index in [2.05, 4.69) is 21.0 Å². The van der Waals surface area contributed by atoms with Crippen LogP contribution in [0.25, 0.3) is 16.3 Å². The highest BCUT2D eigenvalue weighted by Gasteiger charge is 2.19. The molecule has 0 saturated carbocycles. The maximum atomic E-state index is 11.4. The van der Waals surface area contributed by atoms with Crippen LogP contribution in [0.5, 0.6) is 0 Å². The molecular weight excluding hydrogens is 340 g/mol. The van der Waals surface area contributed by atoms with Crippen LogP contribution in [0.15, 0.2) is 52.4 Å². The lowest BCUT2D eigenvalue weighted by atomic mass is 10.2. The molecule has 0 unspecified atom stereocenters. The molecule has 0 aliphatic rings. The largest absolute Gasteiger partial charge is 0.478 e. The van der Waals surface area contributed by atoms with Crippen molar-refractivity contribution < 1.29 is 9.90 Å². The van der Waals surface area contributed by atoms with Crippen molar-refractivity contribution in [3.63, 3.8) is 0 Å². The highest BCUT2D eigenvalue weighted by atomic mass is 79.9. The van der Waals surface area contributed by atoms with Gasteiger partial charge in [0.1, 0.15) is 11.3 Å². The first-order chi connectivity index (χ1) is 9.66. The minimum atomic E-state index is -0.980. The quantitative estimate of drug-likeness (QED) is 0.776. The zero-order chi connectivity index (χ0) is 14.1. The fourth-order valence-electron chi connectivity index (χ4n) is 1.89. The summed E-state index contributed by atoms with van der Waals surface area (Å²) in [5.41, 5.74) is 1.49. The maximum absolute atomic E-state index is 11.4. The minimum Gasteiger partial charge on any atom is -0.478 e. The van der Waals surface area contributed by atoms with Crippen LogP contribution in [0.3, 0.4) is 0 Å². The van der Waals surface area contributed by atoms with Crippen LogP contribution >= 0.6 is 27.3 Å². The number of carbonyl (C=O) groups is 1. The van der Waals surface area contributed by atoms with Crippen LogP contribution in [0, 0.1) is 0 Å². The van der Waals surface area contributed by atoms with Crippen molar-refractivity contribution in [3.8, 4) is 16.3 Å². The van der Waals surface area contributed by atoms with Crippen molar-refractivity contribution in [2.75, 3.05) is 0 Å². The molecule has 6 heteroatoms. The topological polar surface area (TPSA) is 55.1 Å². The average molecular weight is 349 g/mol. The summed E-state index contributed by atoms with van der Waals surface area (Å²) in [5.74, 6) is -0.980. The molecule has 20 heavy (non-hydrogen) atoms. The van der Waals surface area contributed by atoms with Crippen LogP contribution in [-0.4, -0.2) is 20.9 Å². The van der Waals surface area contributed by atoms with Gasteiger partial charge >= 0.3 is 5.97 Å². The molecule has 0 spiro atoms. The number of hydrogen-bond donors (Lipinski definition) is 1. The van der Waals surface area contributed by atoms with E-state index in [1.54, 1.807) is 4.68 Å². The van der Waals surface area contributed by atoms with Crippen LogP contribution in [0.2, 0.25) is 0 Å². The third-order valence-corrected chi connectivity index (χ3v) is 4.35. The fourth-order valence-corrected chi connectivity index (χ4v) is 3.08. The van der Waals surface area contributed by atoms with Gasteiger partial charge in [0.15, 0.2) is 0 Å². The summed E-state index contributed by atoms with van der Waals surface area (Å²) in [4.78, 5) is 12.2. The molecule has 0 saturated heterocycles. The Labute approximate surface area is 127 Å². The molecule has 0 atom stereocenters. The summed E-state index contributed by atoms with van der Waals surface area (Å²) in [6, 6.07) is 11.3. The van der Waals surface area contributed by atoms with E-state index in [4.69, 9.17) is 0 Å². The molecule has 1 aromatic carbocycles. The van der Waals surface area contributed by atoms with E-state index in [1.807, 2.05) is 41.8 Å². The lowest BCUT2D eigenvalue weighted by Crippen LogP contribution is -1.96. The Morgan fingerprint density at radius 1 is 1.25 bits per heavy atom. The third-order valence-electron chi connectivity index (χ3n) is 2.80. The van der Waals surface area contributed by atoms with Crippen molar-refractivity contribution in [1.29, 1.82) is 0 Å². The van der Waals surface area contributed by atoms with E-state index in [1.165, 1.54) is 17.5 Å². The second-order valence-corrected chi connectivity index (χ2v) is 5.87. The smallest absolute Gasteiger partial charge is 0.339 e. The number of carboxylic acid groups (broad SMARTS) is 1. The number of carboxylic acids is 1. The van der Waals surface area contributed by atoms with E-state index < -0.39 is 5.97 Å². The van der Waals surface area contributed by atoms with Crippen molar-refractivity contribution >= 4 is 33.2 Å². The molecule has 3 aromatic rings. The lowest BCUT2D eigenvalue weighted by Gasteiger charge is -2.02. The molecular formula is C14H9BrN2O2S. The fraction of sp³-hybridized carbons (Fsp3) is 0. The molecule has 0 aliphatic heterocycles. The molecule has 4 nitrogen and oxygen atoms in total. The number of benzene rings is 1. The number of thiophene rings is 1. The van der Waals surface area contributed by atoms with Crippen molar-refractivity contribution in [2.45, 2.75) is 0 Å². The van der Waals surface area contributed by atoms with Gasteiger partial charge in [-0.25, -0.2) is 9.48 Å². The number of para-hydroxylation sites is 1. The van der Waals surface area contributed by atoms with Gasteiger partial charge in [0.05, 0.1) is 10.6 Å². The molecule has 100 valence electrons. The van der Waals surface area contributed by atoms with Gasteiger partial charge in [-0.1, -0.05) is 18.2 Å². The maximum Gasteiger partial charge on any atom is 0.339 e. The second-order valence-electron chi connectivity index (χ2n) is 4.07. The number of nitrogens with zero attached hydrogens (tertiary/aromatic N) is 2. The Hall–Kier alpha value is -1.92. The third kappa shape index (κ3) is 2.28. The number of halogens is 1. The Morgan fingerprint density at radius 2 is 2.05 bits per heavy atom. The number of aromatic carboxylic acids is 1. The first-order valence-electron chi connectivity index (χ1n) is 5.78. The summed E-state index contributed by atoms with van der Waals surface area (Å²) in [5, 5.41) is 15.7. The Bertz CT molecular complexity index is 765. The molecule has 0 radical (unpaired) electrons. The Morgan fingerprint density at radius 3 is 2.70 bits per heavy atom. The van der Waals surface area contributed by atoms with Crippen LogP contribution < -0.4 is 0 Å². The Balaban J connectivity index is 2.18. The monoisotopic (exact) mass is 348 g/mol. The Kier molecular flexibility index (Phi) is 3.42. The van der Waals surface area contributed by atoms with Crippen molar-refractivity contribution in [1.82, 2.24) is 9.78 Å². The number of rotatable bonds is 3. The lowest BCUT2D eigenvalue weighted by molar-refractivity contribution is 0.0697. The number of hydrogen-bond acceptors (Lipinski definition) is 3. The van der Waals surface area contributed by atoms with E-state index in [0.717, 1.165) is 15.0 Å². The summed E-state index contributed by atoms with van der Waals surface area (Å²) in [6.45, 7) is 0. The summed E-state index contributed by atoms with van der Waals surface area (Å²) < 4.78 is 2.44. The van der Waals surface area contributed by atoms with E-state index >= 15 is 0 Å². The van der Waals surface area contributed by atoms with Gasteiger partial charge in [-0.2, -0.15) is 5.10 Å². The van der Waals surface area contributed by atoms with Gasteiger partial charge in [-0.15, -0.1) is 11.3 Å². The van der Waals surface area contributed by atoms with Gasteiger partial charge < -0.3 is 5.11 Å². The molecule has 2 aromatic heterocycles. The molecule has 0 fully saturated rings. The van der Waals surface area contributed by atoms with Gasteiger partial charge in [0.25, 0.3) is 0 Å². The molecule has 3 rings (SSSR count). The zero-order valence-corrected chi connectivity index (χ0v) is 12.6. The summed E-state index contributed by atoms with van der Waals surface area (Å²) in [7, 11) is 0. The first kappa shape index (κ1) is 13.1. The molecule has 1 N–H and O–H groups in total. The highest BCUT2D eigenvalue weighted by Crippen LogP contribution is 2.29. The van der Waals surface area contributed by atoms with Gasteiger partial charge in [0, 0.05) is 10.7 Å². The second kappa shape index (κ2) is 5.22. The predicted molar refractivity (Wildman–Crippen MR) is 81.5 cm³/mol. The average Bonchev–Trinajstić information content (AvgIpc) is 3.08. The minimum absolute atomic E-state index is 0.197. The van der Waals surface area contributed by atoms with E-state index in [0.29, 0.717) is 5.69 Å². The highest BCUT2D eigenvalue weighted by molar-refractivity contribution is 9.10. The molecule has 2 heterocycles. The van der Waals surface area contributed by atoms with Crippen LogP contribution in [0.1, 0.15) is 10.4 Å². The van der Waals surface area contributed by atoms with Crippen molar-refractivity contribution in [2.24, 2.45) is 0 Å². The SMILES string of the molecule is O=C(O)c1cn(-c2ccccc2Br)nc1-c1cccs1. The molecule has 0 bridgehead atoms. The van der Waals surface area contributed by atoms with E-state index in [-0.39, 0.29) is 5.56 Å². The first-order valence-corrected chi connectivity index (χ1v) is 7.46. The molecule has 0 amide bonds.